The molecule has 0 radical (unpaired) electrons. The van der Waals surface area contributed by atoms with E-state index in [1.54, 1.807) is 14.2 Å². The number of carbonyl (C=O) groups is 1. The van der Waals surface area contributed by atoms with E-state index in [0.717, 1.165) is 36.1 Å². The quantitative estimate of drug-likeness (QED) is 0.528. The molecule has 1 heterocycles. The fourth-order valence-corrected chi connectivity index (χ4v) is 4.60. The lowest BCUT2D eigenvalue weighted by Gasteiger charge is -2.27. The van der Waals surface area contributed by atoms with E-state index in [-0.39, 0.29) is 24.5 Å². The summed E-state index contributed by atoms with van der Waals surface area (Å²) in [6.45, 7) is 3.12. The highest BCUT2D eigenvalue weighted by Gasteiger charge is 2.30. The molecule has 2 unspecified atom stereocenters. The summed E-state index contributed by atoms with van der Waals surface area (Å²) in [6.07, 6.45) is 1.94. The van der Waals surface area contributed by atoms with Gasteiger partial charge in [-0.3, -0.25) is 10.1 Å². The highest BCUT2D eigenvalue weighted by molar-refractivity contribution is 5.79. The molecule has 1 aliphatic rings. The standard InChI is InChI=1S/C28H32N2O3/c1-20-11-13-22(14-12-20)28(21-8-5-4-6-9-21)29-19-27(31)30-17-7-10-24(30)23-15-16-25(32-2)26(18-23)33-3/h4-6,8-9,11-16,18,24,28-29H,7,10,17,19H2,1-3H3. The Morgan fingerprint density at radius 3 is 2.36 bits per heavy atom. The van der Waals surface area contributed by atoms with Gasteiger partial charge in [-0.05, 0) is 48.6 Å². The predicted molar refractivity (Wildman–Crippen MR) is 131 cm³/mol. The van der Waals surface area contributed by atoms with Crippen molar-refractivity contribution in [3.63, 3.8) is 0 Å². The van der Waals surface area contributed by atoms with Gasteiger partial charge in [0.05, 0.1) is 32.8 Å². The molecule has 33 heavy (non-hydrogen) atoms. The highest BCUT2D eigenvalue weighted by atomic mass is 16.5. The van der Waals surface area contributed by atoms with Gasteiger partial charge in [0.1, 0.15) is 0 Å². The first-order valence-corrected chi connectivity index (χ1v) is 11.5. The van der Waals surface area contributed by atoms with Crippen LogP contribution in [0.25, 0.3) is 0 Å². The van der Waals surface area contributed by atoms with Crippen molar-refractivity contribution in [2.75, 3.05) is 27.3 Å². The number of likely N-dealkylation sites (tertiary alicyclic amines) is 1. The van der Waals surface area contributed by atoms with Crippen molar-refractivity contribution >= 4 is 5.91 Å². The molecule has 0 aliphatic carbocycles. The molecule has 5 heteroatoms. The summed E-state index contributed by atoms with van der Waals surface area (Å²) in [6, 6.07) is 24.7. The molecule has 4 rings (SSSR count). The third-order valence-electron chi connectivity index (χ3n) is 6.37. The van der Waals surface area contributed by atoms with Crippen LogP contribution in [-0.2, 0) is 4.79 Å². The Hall–Kier alpha value is -3.31. The molecular weight excluding hydrogens is 412 g/mol. The molecule has 0 bridgehead atoms. The molecule has 0 aromatic heterocycles. The van der Waals surface area contributed by atoms with Crippen LogP contribution in [0.2, 0.25) is 0 Å². The summed E-state index contributed by atoms with van der Waals surface area (Å²) in [5, 5.41) is 3.53. The van der Waals surface area contributed by atoms with Crippen LogP contribution in [0.5, 0.6) is 11.5 Å². The summed E-state index contributed by atoms with van der Waals surface area (Å²) in [5.41, 5.74) is 4.59. The van der Waals surface area contributed by atoms with Crippen molar-refractivity contribution in [2.24, 2.45) is 0 Å². The molecule has 1 aliphatic heterocycles. The average molecular weight is 445 g/mol. The van der Waals surface area contributed by atoms with Crippen LogP contribution in [0, 0.1) is 6.92 Å². The Morgan fingerprint density at radius 2 is 1.67 bits per heavy atom. The maximum absolute atomic E-state index is 13.3. The van der Waals surface area contributed by atoms with Gasteiger partial charge in [-0.15, -0.1) is 0 Å². The summed E-state index contributed by atoms with van der Waals surface area (Å²) < 4.78 is 10.8. The van der Waals surface area contributed by atoms with E-state index in [1.165, 1.54) is 5.56 Å². The Balaban J connectivity index is 1.50. The molecule has 1 saturated heterocycles. The number of nitrogens with one attached hydrogen (secondary N) is 1. The Morgan fingerprint density at radius 1 is 0.970 bits per heavy atom. The summed E-state index contributed by atoms with van der Waals surface area (Å²) >= 11 is 0. The lowest BCUT2D eigenvalue weighted by Crippen LogP contribution is -2.39. The number of ether oxygens (including phenoxy) is 2. The zero-order chi connectivity index (χ0) is 23.2. The smallest absolute Gasteiger partial charge is 0.237 e. The molecule has 3 aromatic carbocycles. The average Bonchev–Trinajstić information content (AvgIpc) is 3.35. The van der Waals surface area contributed by atoms with E-state index in [1.807, 2.05) is 41.3 Å². The number of aryl methyl sites for hydroxylation is 1. The largest absolute Gasteiger partial charge is 0.493 e. The molecule has 1 fully saturated rings. The first-order chi connectivity index (χ1) is 16.1. The predicted octanol–water partition coefficient (Wildman–Crippen LogP) is 5.05. The Kier molecular flexibility index (Phi) is 7.30. The van der Waals surface area contributed by atoms with Crippen molar-refractivity contribution in [1.82, 2.24) is 10.2 Å². The third-order valence-corrected chi connectivity index (χ3v) is 6.37. The van der Waals surface area contributed by atoms with Gasteiger partial charge in [0.15, 0.2) is 11.5 Å². The van der Waals surface area contributed by atoms with E-state index in [0.29, 0.717) is 11.5 Å². The molecule has 3 aromatic rings. The van der Waals surface area contributed by atoms with Gasteiger partial charge in [-0.2, -0.15) is 0 Å². The Bertz CT molecular complexity index is 1070. The van der Waals surface area contributed by atoms with Gasteiger partial charge in [0.2, 0.25) is 5.91 Å². The van der Waals surface area contributed by atoms with Crippen LogP contribution >= 0.6 is 0 Å². The fourth-order valence-electron chi connectivity index (χ4n) is 4.60. The van der Waals surface area contributed by atoms with E-state index in [2.05, 4.69) is 48.6 Å². The highest BCUT2D eigenvalue weighted by Crippen LogP contribution is 2.37. The molecule has 0 spiro atoms. The van der Waals surface area contributed by atoms with Crippen LogP contribution in [0.4, 0.5) is 0 Å². The van der Waals surface area contributed by atoms with Crippen LogP contribution in [-0.4, -0.2) is 38.1 Å². The maximum atomic E-state index is 13.3. The second-order valence-electron chi connectivity index (χ2n) is 8.49. The maximum Gasteiger partial charge on any atom is 0.237 e. The molecule has 5 nitrogen and oxygen atoms in total. The Labute approximate surface area is 196 Å². The summed E-state index contributed by atoms with van der Waals surface area (Å²) in [7, 11) is 3.27. The van der Waals surface area contributed by atoms with Gasteiger partial charge in [-0.25, -0.2) is 0 Å². The lowest BCUT2D eigenvalue weighted by molar-refractivity contribution is -0.131. The SMILES string of the molecule is COc1ccc(C2CCCN2C(=O)CNC(c2ccccc2)c2ccc(C)cc2)cc1OC. The lowest BCUT2D eigenvalue weighted by atomic mass is 9.98. The second kappa shape index (κ2) is 10.5. The number of rotatable bonds is 8. The number of methoxy groups -OCH3 is 2. The van der Waals surface area contributed by atoms with Crippen molar-refractivity contribution in [1.29, 1.82) is 0 Å². The number of carbonyl (C=O) groups excluding carboxylic acids is 1. The van der Waals surface area contributed by atoms with Crippen LogP contribution in [0.3, 0.4) is 0 Å². The molecule has 0 saturated carbocycles. The fraction of sp³-hybridized carbons (Fsp3) is 0.321. The molecule has 1 N–H and O–H groups in total. The minimum absolute atomic E-state index is 0.0436. The van der Waals surface area contributed by atoms with Gasteiger partial charge in [-0.1, -0.05) is 66.2 Å². The van der Waals surface area contributed by atoms with E-state index in [4.69, 9.17) is 9.47 Å². The van der Waals surface area contributed by atoms with E-state index in [9.17, 15) is 4.79 Å². The van der Waals surface area contributed by atoms with Crippen molar-refractivity contribution in [3.8, 4) is 11.5 Å². The van der Waals surface area contributed by atoms with Gasteiger partial charge in [0.25, 0.3) is 0 Å². The zero-order valence-corrected chi connectivity index (χ0v) is 19.6. The summed E-state index contributed by atoms with van der Waals surface area (Å²) in [5.74, 6) is 1.50. The number of hydrogen-bond donors (Lipinski definition) is 1. The van der Waals surface area contributed by atoms with Gasteiger partial charge < -0.3 is 14.4 Å². The van der Waals surface area contributed by atoms with Gasteiger partial charge >= 0.3 is 0 Å². The first-order valence-electron chi connectivity index (χ1n) is 11.5. The monoisotopic (exact) mass is 444 g/mol. The minimum Gasteiger partial charge on any atom is -0.493 e. The first kappa shape index (κ1) is 22.9. The van der Waals surface area contributed by atoms with Gasteiger partial charge in [0, 0.05) is 6.54 Å². The van der Waals surface area contributed by atoms with Crippen LogP contribution < -0.4 is 14.8 Å². The minimum atomic E-state index is -0.0436. The van der Waals surface area contributed by atoms with E-state index >= 15 is 0 Å². The normalized spacial score (nSPS) is 16.5. The van der Waals surface area contributed by atoms with Crippen molar-refractivity contribution < 1.29 is 14.3 Å². The number of amides is 1. The molecular formula is C28H32N2O3. The zero-order valence-electron chi connectivity index (χ0n) is 19.6. The molecule has 1 amide bonds. The number of nitrogens with zero attached hydrogens (tertiary/aromatic N) is 1. The molecule has 172 valence electrons. The number of hydrogen-bond acceptors (Lipinski definition) is 4. The third kappa shape index (κ3) is 5.20. The number of benzene rings is 3. The van der Waals surface area contributed by atoms with Crippen LogP contribution in [0.1, 0.15) is 47.2 Å². The van der Waals surface area contributed by atoms with Crippen LogP contribution in [0.15, 0.2) is 72.8 Å². The van der Waals surface area contributed by atoms with E-state index < -0.39 is 0 Å². The molecule has 2 atom stereocenters. The topological polar surface area (TPSA) is 50.8 Å². The van der Waals surface area contributed by atoms with Crippen molar-refractivity contribution in [3.05, 3.63) is 95.1 Å². The summed E-state index contributed by atoms with van der Waals surface area (Å²) in [4.78, 5) is 15.3. The van der Waals surface area contributed by atoms with Crippen molar-refractivity contribution in [2.45, 2.75) is 31.8 Å². The second-order valence-corrected chi connectivity index (χ2v) is 8.49.